The van der Waals surface area contributed by atoms with Crippen LogP contribution in [0.1, 0.15) is 12.0 Å². The molecular weight excluding hydrogens is 236 g/mol. The van der Waals surface area contributed by atoms with Gasteiger partial charge in [-0.15, -0.1) is 0 Å². The first-order chi connectivity index (χ1) is 8.24. The second-order valence-electron chi connectivity index (χ2n) is 4.08. The van der Waals surface area contributed by atoms with E-state index in [1.165, 1.54) is 0 Å². The van der Waals surface area contributed by atoms with Gasteiger partial charge in [-0.3, -0.25) is 4.79 Å². The van der Waals surface area contributed by atoms with Gasteiger partial charge in [0.1, 0.15) is 0 Å². The molecule has 0 saturated carbocycles. The Kier molecular flexibility index (Phi) is 4.18. The molecule has 0 aliphatic carbocycles. The van der Waals surface area contributed by atoms with Gasteiger partial charge in [-0.1, -0.05) is 23.7 Å². The molecule has 4 heteroatoms. The van der Waals surface area contributed by atoms with Crippen LogP contribution in [0.25, 0.3) is 6.08 Å². The molecule has 0 radical (unpaired) electrons. The minimum Gasteiger partial charge on any atom is -0.348 e. The minimum absolute atomic E-state index is 0.0475. The van der Waals surface area contributed by atoms with E-state index >= 15 is 0 Å². The molecule has 2 rings (SSSR count). The Balaban J connectivity index is 1.86. The van der Waals surface area contributed by atoms with E-state index in [2.05, 4.69) is 10.6 Å². The molecule has 0 unspecified atom stereocenters. The SMILES string of the molecule is O=C(/C=C/c1ccc(Cl)cc1)N[C@H]1CCNC1. The highest BCUT2D eigenvalue weighted by atomic mass is 35.5. The lowest BCUT2D eigenvalue weighted by Gasteiger charge is -2.08. The Labute approximate surface area is 106 Å². The maximum absolute atomic E-state index is 11.6. The lowest BCUT2D eigenvalue weighted by Crippen LogP contribution is -2.34. The van der Waals surface area contributed by atoms with Gasteiger partial charge in [-0.05, 0) is 36.7 Å². The highest BCUT2D eigenvalue weighted by Crippen LogP contribution is 2.10. The molecule has 90 valence electrons. The number of hydrogen-bond acceptors (Lipinski definition) is 2. The first kappa shape index (κ1) is 12.1. The predicted molar refractivity (Wildman–Crippen MR) is 69.9 cm³/mol. The van der Waals surface area contributed by atoms with E-state index < -0.39 is 0 Å². The van der Waals surface area contributed by atoms with E-state index in [0.29, 0.717) is 5.02 Å². The van der Waals surface area contributed by atoms with Crippen molar-refractivity contribution in [2.24, 2.45) is 0 Å². The Morgan fingerprint density at radius 2 is 2.18 bits per heavy atom. The van der Waals surface area contributed by atoms with Gasteiger partial charge in [-0.2, -0.15) is 0 Å². The first-order valence-corrected chi connectivity index (χ1v) is 6.07. The second kappa shape index (κ2) is 5.84. The molecule has 17 heavy (non-hydrogen) atoms. The van der Waals surface area contributed by atoms with Crippen LogP contribution >= 0.6 is 11.6 Å². The minimum atomic E-state index is -0.0475. The topological polar surface area (TPSA) is 41.1 Å². The first-order valence-electron chi connectivity index (χ1n) is 5.69. The zero-order valence-electron chi connectivity index (χ0n) is 9.45. The van der Waals surface area contributed by atoms with E-state index in [1.807, 2.05) is 12.1 Å². The molecule has 1 saturated heterocycles. The molecule has 1 atom stereocenters. The zero-order valence-corrected chi connectivity index (χ0v) is 10.2. The third-order valence-corrected chi connectivity index (χ3v) is 2.96. The van der Waals surface area contributed by atoms with Crippen LogP contribution in [0.2, 0.25) is 5.02 Å². The van der Waals surface area contributed by atoms with Crippen LogP contribution in [0.4, 0.5) is 0 Å². The number of carbonyl (C=O) groups is 1. The van der Waals surface area contributed by atoms with E-state index in [9.17, 15) is 4.79 Å². The molecule has 3 nitrogen and oxygen atoms in total. The lowest BCUT2D eigenvalue weighted by molar-refractivity contribution is -0.117. The van der Waals surface area contributed by atoms with Crippen molar-refractivity contribution in [3.05, 3.63) is 40.9 Å². The molecule has 1 aromatic rings. The highest BCUT2D eigenvalue weighted by molar-refractivity contribution is 6.30. The van der Waals surface area contributed by atoms with Crippen LogP contribution in [0, 0.1) is 0 Å². The Hall–Kier alpha value is -1.32. The van der Waals surface area contributed by atoms with Gasteiger partial charge in [0.15, 0.2) is 0 Å². The van der Waals surface area contributed by atoms with Gasteiger partial charge < -0.3 is 10.6 Å². The van der Waals surface area contributed by atoms with Crippen molar-refractivity contribution in [3.63, 3.8) is 0 Å². The van der Waals surface area contributed by atoms with Crippen LogP contribution in [0.5, 0.6) is 0 Å². The maximum Gasteiger partial charge on any atom is 0.244 e. The fourth-order valence-electron chi connectivity index (χ4n) is 1.77. The molecule has 1 heterocycles. The molecule has 2 N–H and O–H groups in total. The van der Waals surface area contributed by atoms with E-state index in [1.54, 1.807) is 24.3 Å². The highest BCUT2D eigenvalue weighted by Gasteiger charge is 2.14. The number of nitrogens with one attached hydrogen (secondary N) is 2. The summed E-state index contributed by atoms with van der Waals surface area (Å²) < 4.78 is 0. The van der Waals surface area contributed by atoms with Crippen LogP contribution in [0.3, 0.4) is 0 Å². The summed E-state index contributed by atoms with van der Waals surface area (Å²) >= 11 is 5.78. The van der Waals surface area contributed by atoms with Crippen molar-refractivity contribution in [2.45, 2.75) is 12.5 Å². The molecular formula is C13H15ClN2O. The van der Waals surface area contributed by atoms with Crippen LogP contribution < -0.4 is 10.6 Å². The summed E-state index contributed by atoms with van der Waals surface area (Å²) in [5.74, 6) is -0.0475. The quantitative estimate of drug-likeness (QED) is 0.804. The standard InChI is InChI=1S/C13H15ClN2O/c14-11-4-1-10(2-5-11)3-6-13(17)16-12-7-8-15-9-12/h1-6,12,15H,7-9H2,(H,16,17)/b6-3+/t12-/m0/s1. The molecule has 1 aliphatic heterocycles. The smallest absolute Gasteiger partial charge is 0.244 e. The molecule has 1 amide bonds. The number of rotatable bonds is 3. The molecule has 1 aliphatic rings. The average Bonchev–Trinajstić information content (AvgIpc) is 2.81. The van der Waals surface area contributed by atoms with Gasteiger partial charge in [0, 0.05) is 23.7 Å². The number of carbonyl (C=O) groups excluding carboxylic acids is 1. The van der Waals surface area contributed by atoms with Gasteiger partial charge in [0.25, 0.3) is 0 Å². The Morgan fingerprint density at radius 1 is 1.41 bits per heavy atom. The summed E-state index contributed by atoms with van der Waals surface area (Å²) in [5.41, 5.74) is 0.967. The largest absolute Gasteiger partial charge is 0.348 e. The maximum atomic E-state index is 11.6. The van der Waals surface area contributed by atoms with Crippen molar-refractivity contribution in [2.75, 3.05) is 13.1 Å². The second-order valence-corrected chi connectivity index (χ2v) is 4.52. The monoisotopic (exact) mass is 250 g/mol. The third kappa shape index (κ3) is 3.88. The summed E-state index contributed by atoms with van der Waals surface area (Å²) in [5, 5.41) is 6.85. The van der Waals surface area contributed by atoms with Crippen molar-refractivity contribution in [1.82, 2.24) is 10.6 Å². The Bertz CT molecular complexity index is 408. The fraction of sp³-hybridized carbons (Fsp3) is 0.308. The summed E-state index contributed by atoms with van der Waals surface area (Å²) in [7, 11) is 0. The third-order valence-electron chi connectivity index (χ3n) is 2.70. The van der Waals surface area contributed by atoms with E-state index in [4.69, 9.17) is 11.6 Å². The summed E-state index contributed by atoms with van der Waals surface area (Å²) in [6.45, 7) is 1.84. The average molecular weight is 251 g/mol. The number of amides is 1. The normalized spacial score (nSPS) is 19.7. The van der Waals surface area contributed by atoms with Crippen molar-refractivity contribution in [3.8, 4) is 0 Å². The predicted octanol–water partition coefficient (Wildman–Crippen LogP) is 1.83. The lowest BCUT2D eigenvalue weighted by atomic mass is 10.2. The number of benzene rings is 1. The molecule has 1 fully saturated rings. The molecule has 0 aromatic heterocycles. The van der Waals surface area contributed by atoms with Crippen LogP contribution in [-0.2, 0) is 4.79 Å². The summed E-state index contributed by atoms with van der Waals surface area (Å²) in [6, 6.07) is 7.63. The molecule has 0 spiro atoms. The van der Waals surface area contributed by atoms with E-state index in [0.717, 1.165) is 25.1 Å². The van der Waals surface area contributed by atoms with Gasteiger partial charge >= 0.3 is 0 Å². The fourth-order valence-corrected chi connectivity index (χ4v) is 1.90. The summed E-state index contributed by atoms with van der Waals surface area (Å²) in [4.78, 5) is 11.6. The Morgan fingerprint density at radius 3 is 2.82 bits per heavy atom. The molecule has 1 aromatic carbocycles. The number of halogens is 1. The van der Waals surface area contributed by atoms with Crippen molar-refractivity contribution in [1.29, 1.82) is 0 Å². The molecule has 0 bridgehead atoms. The van der Waals surface area contributed by atoms with Crippen molar-refractivity contribution >= 4 is 23.6 Å². The van der Waals surface area contributed by atoms with Gasteiger partial charge in [0.05, 0.1) is 0 Å². The zero-order chi connectivity index (χ0) is 12.1. The van der Waals surface area contributed by atoms with Gasteiger partial charge in [-0.25, -0.2) is 0 Å². The number of hydrogen-bond donors (Lipinski definition) is 2. The van der Waals surface area contributed by atoms with Crippen LogP contribution in [-0.4, -0.2) is 25.0 Å². The van der Waals surface area contributed by atoms with Crippen LogP contribution in [0.15, 0.2) is 30.3 Å². The van der Waals surface area contributed by atoms with Crippen molar-refractivity contribution < 1.29 is 4.79 Å². The van der Waals surface area contributed by atoms with E-state index in [-0.39, 0.29) is 11.9 Å². The summed E-state index contributed by atoms with van der Waals surface area (Å²) in [6.07, 6.45) is 4.34. The van der Waals surface area contributed by atoms with Gasteiger partial charge in [0.2, 0.25) is 5.91 Å².